The summed E-state index contributed by atoms with van der Waals surface area (Å²) in [5.74, 6) is -1.99. The van der Waals surface area contributed by atoms with E-state index >= 15 is 0 Å². The lowest BCUT2D eigenvalue weighted by molar-refractivity contribution is -0.140. The summed E-state index contributed by atoms with van der Waals surface area (Å²) >= 11 is 0. The molecule has 10 heteroatoms. The second kappa shape index (κ2) is 7.98. The third-order valence-electron chi connectivity index (χ3n) is 6.68. The van der Waals surface area contributed by atoms with Gasteiger partial charge in [0.1, 0.15) is 12.1 Å². The molecule has 1 spiro atoms. The summed E-state index contributed by atoms with van der Waals surface area (Å²) < 4.78 is 0. The fourth-order valence-electron chi connectivity index (χ4n) is 5.01. The molecule has 2 heterocycles. The highest BCUT2D eigenvalue weighted by molar-refractivity contribution is 6.12. The summed E-state index contributed by atoms with van der Waals surface area (Å²) in [6.45, 7) is -0.604. The lowest BCUT2D eigenvalue weighted by Crippen LogP contribution is -2.52. The SMILES string of the molecule is O=C(CN1C(=O)NC2(CCCC2)C1=O)NN1C(=O)NC(c2ccccc2)(c2ccccc2)C1=O. The number of nitrogens with zero attached hydrogens (tertiary/aromatic N) is 2. The summed E-state index contributed by atoms with van der Waals surface area (Å²) in [5, 5.41) is 6.02. The number of amides is 7. The number of rotatable bonds is 5. The maximum absolute atomic E-state index is 13.6. The van der Waals surface area contributed by atoms with E-state index in [0.29, 0.717) is 29.0 Å². The van der Waals surface area contributed by atoms with E-state index in [9.17, 15) is 24.0 Å². The maximum atomic E-state index is 13.6. The van der Waals surface area contributed by atoms with Crippen LogP contribution in [-0.2, 0) is 19.9 Å². The van der Waals surface area contributed by atoms with Crippen LogP contribution >= 0.6 is 0 Å². The molecule has 174 valence electrons. The number of nitrogens with one attached hydrogen (secondary N) is 3. The first kappa shape index (κ1) is 21.6. The van der Waals surface area contributed by atoms with Gasteiger partial charge in [0.05, 0.1) is 0 Å². The van der Waals surface area contributed by atoms with Gasteiger partial charge in [-0.25, -0.2) is 9.59 Å². The van der Waals surface area contributed by atoms with Crippen molar-refractivity contribution in [2.24, 2.45) is 0 Å². The number of carbonyl (C=O) groups excluding carboxylic acids is 5. The standard InChI is InChI=1S/C24H23N5O5/c30-18(15-28-19(31)23(25-21(28)33)13-7-8-14-23)27-29-20(32)24(26-22(29)34,16-9-3-1-4-10-16)17-11-5-2-6-12-17/h1-6,9-12H,7-8,13-15H2,(H,25,33)(H,26,34)(H,27,30). The van der Waals surface area contributed by atoms with E-state index in [2.05, 4.69) is 16.1 Å². The van der Waals surface area contributed by atoms with E-state index in [1.165, 1.54) is 0 Å². The highest BCUT2D eigenvalue weighted by Crippen LogP contribution is 2.36. The van der Waals surface area contributed by atoms with Crippen molar-refractivity contribution in [2.75, 3.05) is 6.54 Å². The zero-order chi connectivity index (χ0) is 23.9. The Bertz CT molecular complexity index is 1140. The van der Waals surface area contributed by atoms with Crippen LogP contribution in [0, 0.1) is 0 Å². The average molecular weight is 461 g/mol. The van der Waals surface area contributed by atoms with Gasteiger partial charge in [-0.15, -0.1) is 0 Å². The third kappa shape index (κ3) is 3.21. The van der Waals surface area contributed by atoms with E-state index in [4.69, 9.17) is 0 Å². The molecule has 2 aromatic carbocycles. The Balaban J connectivity index is 1.38. The van der Waals surface area contributed by atoms with Gasteiger partial charge in [-0.05, 0) is 24.0 Å². The zero-order valence-corrected chi connectivity index (χ0v) is 18.2. The van der Waals surface area contributed by atoms with Crippen LogP contribution in [0.2, 0.25) is 0 Å². The summed E-state index contributed by atoms with van der Waals surface area (Å²) in [6, 6.07) is 15.9. The van der Waals surface area contributed by atoms with Gasteiger partial charge in [-0.2, -0.15) is 5.01 Å². The molecule has 10 nitrogen and oxygen atoms in total. The van der Waals surface area contributed by atoms with Crippen LogP contribution in [0.4, 0.5) is 9.59 Å². The van der Waals surface area contributed by atoms with Crippen molar-refractivity contribution in [2.45, 2.75) is 36.8 Å². The van der Waals surface area contributed by atoms with Crippen molar-refractivity contribution >= 4 is 29.8 Å². The van der Waals surface area contributed by atoms with Gasteiger partial charge in [-0.3, -0.25) is 24.7 Å². The van der Waals surface area contributed by atoms with E-state index in [-0.39, 0.29) is 0 Å². The van der Waals surface area contributed by atoms with E-state index in [1.54, 1.807) is 60.7 Å². The highest BCUT2D eigenvalue weighted by Gasteiger charge is 2.56. The van der Waals surface area contributed by atoms with Crippen molar-refractivity contribution in [3.05, 3.63) is 71.8 Å². The van der Waals surface area contributed by atoms with Crippen molar-refractivity contribution in [3.63, 3.8) is 0 Å². The second-order valence-corrected chi connectivity index (χ2v) is 8.70. The van der Waals surface area contributed by atoms with Crippen molar-refractivity contribution in [1.82, 2.24) is 26.0 Å². The fourth-order valence-corrected chi connectivity index (χ4v) is 5.01. The van der Waals surface area contributed by atoms with E-state index in [0.717, 1.165) is 17.7 Å². The van der Waals surface area contributed by atoms with E-state index in [1.807, 2.05) is 0 Å². The van der Waals surface area contributed by atoms with Crippen molar-refractivity contribution in [1.29, 1.82) is 0 Å². The molecule has 7 amide bonds. The van der Waals surface area contributed by atoms with Gasteiger partial charge in [0.2, 0.25) is 0 Å². The van der Waals surface area contributed by atoms with Gasteiger partial charge >= 0.3 is 12.1 Å². The highest BCUT2D eigenvalue weighted by atomic mass is 16.2. The predicted molar refractivity (Wildman–Crippen MR) is 119 cm³/mol. The molecule has 2 aromatic rings. The Labute approximate surface area is 195 Å². The fraction of sp³-hybridized carbons (Fsp3) is 0.292. The Morgan fingerprint density at radius 2 is 1.35 bits per heavy atom. The smallest absolute Gasteiger partial charge is 0.323 e. The Kier molecular flexibility index (Phi) is 5.07. The van der Waals surface area contributed by atoms with Crippen LogP contribution in [0.3, 0.4) is 0 Å². The Morgan fingerprint density at radius 3 is 1.91 bits per heavy atom. The molecule has 34 heavy (non-hydrogen) atoms. The summed E-state index contributed by atoms with van der Waals surface area (Å²) in [4.78, 5) is 65.3. The molecule has 3 aliphatic rings. The first-order valence-electron chi connectivity index (χ1n) is 11.1. The molecule has 0 aromatic heterocycles. The molecule has 0 unspecified atom stereocenters. The predicted octanol–water partition coefficient (Wildman–Crippen LogP) is 1.38. The molecule has 1 aliphatic carbocycles. The maximum Gasteiger partial charge on any atom is 0.344 e. The van der Waals surface area contributed by atoms with Crippen LogP contribution in [0.25, 0.3) is 0 Å². The quantitative estimate of drug-likeness (QED) is 0.580. The van der Waals surface area contributed by atoms with Gasteiger partial charge in [0.15, 0.2) is 5.54 Å². The minimum atomic E-state index is -1.54. The second-order valence-electron chi connectivity index (χ2n) is 8.70. The lowest BCUT2D eigenvalue weighted by Gasteiger charge is -2.27. The van der Waals surface area contributed by atoms with Crippen LogP contribution < -0.4 is 16.1 Å². The number of imide groups is 2. The number of urea groups is 2. The van der Waals surface area contributed by atoms with Crippen LogP contribution in [0.15, 0.2) is 60.7 Å². The van der Waals surface area contributed by atoms with Crippen LogP contribution in [-0.4, -0.2) is 51.8 Å². The van der Waals surface area contributed by atoms with Crippen molar-refractivity contribution in [3.8, 4) is 0 Å². The summed E-state index contributed by atoms with van der Waals surface area (Å²) in [7, 11) is 0. The Hall–Kier alpha value is -4.21. The minimum Gasteiger partial charge on any atom is -0.323 e. The first-order chi connectivity index (χ1) is 16.4. The van der Waals surface area contributed by atoms with Crippen LogP contribution in [0.1, 0.15) is 36.8 Å². The minimum absolute atomic E-state index is 0.453. The summed E-state index contributed by atoms with van der Waals surface area (Å²) in [6.07, 6.45) is 2.68. The number of carbonyl (C=O) groups is 5. The summed E-state index contributed by atoms with van der Waals surface area (Å²) in [5.41, 5.74) is 0.832. The molecular weight excluding hydrogens is 438 g/mol. The van der Waals surface area contributed by atoms with Gasteiger partial charge in [0, 0.05) is 0 Å². The van der Waals surface area contributed by atoms with E-state index < -0.39 is 47.4 Å². The normalized spacial score (nSPS) is 20.6. The molecule has 3 N–H and O–H groups in total. The van der Waals surface area contributed by atoms with Gasteiger partial charge in [-0.1, -0.05) is 73.5 Å². The lowest BCUT2D eigenvalue weighted by atomic mass is 9.83. The van der Waals surface area contributed by atoms with Gasteiger partial charge < -0.3 is 10.6 Å². The number of hydrazine groups is 1. The van der Waals surface area contributed by atoms with Crippen molar-refractivity contribution < 1.29 is 24.0 Å². The molecule has 2 aliphatic heterocycles. The average Bonchev–Trinajstić information content (AvgIpc) is 3.49. The monoisotopic (exact) mass is 461 g/mol. The topological polar surface area (TPSA) is 128 Å². The molecule has 1 saturated carbocycles. The number of hydrogen-bond acceptors (Lipinski definition) is 5. The molecular formula is C24H23N5O5. The zero-order valence-electron chi connectivity index (χ0n) is 18.2. The molecule has 0 radical (unpaired) electrons. The van der Waals surface area contributed by atoms with Crippen LogP contribution in [0.5, 0.6) is 0 Å². The van der Waals surface area contributed by atoms with Gasteiger partial charge in [0.25, 0.3) is 17.7 Å². The number of hydrogen-bond donors (Lipinski definition) is 3. The molecule has 3 fully saturated rings. The largest absolute Gasteiger partial charge is 0.344 e. The Morgan fingerprint density at radius 1 is 0.794 bits per heavy atom. The first-order valence-corrected chi connectivity index (χ1v) is 11.1. The molecule has 0 atom stereocenters. The molecule has 2 saturated heterocycles. The third-order valence-corrected chi connectivity index (χ3v) is 6.68. The molecule has 5 rings (SSSR count). The molecule has 0 bridgehead atoms. The number of benzene rings is 2.